The van der Waals surface area contributed by atoms with Gasteiger partial charge in [-0.1, -0.05) is 63.2 Å². The molecule has 1 saturated carbocycles. The van der Waals surface area contributed by atoms with Crippen molar-refractivity contribution in [3.05, 3.63) is 48.0 Å². The van der Waals surface area contributed by atoms with Crippen molar-refractivity contribution in [1.29, 1.82) is 0 Å². The highest BCUT2D eigenvalue weighted by atomic mass is 16.3. The maximum absolute atomic E-state index is 10.3. The van der Waals surface area contributed by atoms with Gasteiger partial charge in [0.15, 0.2) is 0 Å². The van der Waals surface area contributed by atoms with Crippen molar-refractivity contribution in [3.63, 3.8) is 0 Å². The molecule has 1 nitrogen and oxygen atoms in total. The highest BCUT2D eigenvalue weighted by molar-refractivity contribution is 5.86. The number of aliphatic hydroxyl groups excluding tert-OH is 1. The zero-order valence-corrected chi connectivity index (χ0v) is 12.7. The molecule has 0 amide bonds. The summed E-state index contributed by atoms with van der Waals surface area (Å²) in [5.41, 5.74) is 1.65. The normalized spacial score (nSPS) is 29.5. The van der Waals surface area contributed by atoms with Gasteiger partial charge in [0.05, 0.1) is 6.10 Å². The molecule has 20 heavy (non-hydrogen) atoms. The molecule has 2 atom stereocenters. The van der Waals surface area contributed by atoms with Crippen LogP contribution in [0.3, 0.4) is 0 Å². The second-order valence-electron chi connectivity index (χ2n) is 7.49. The predicted molar refractivity (Wildman–Crippen MR) is 84.9 cm³/mol. The van der Waals surface area contributed by atoms with E-state index < -0.39 is 0 Å². The molecule has 2 unspecified atom stereocenters. The van der Waals surface area contributed by atoms with Crippen LogP contribution < -0.4 is 0 Å². The number of hydrogen-bond donors (Lipinski definition) is 1. The minimum Gasteiger partial charge on any atom is -0.393 e. The van der Waals surface area contributed by atoms with Gasteiger partial charge in [0, 0.05) is 0 Å². The second kappa shape index (κ2) is 4.60. The molecular formula is C19H24O. The highest BCUT2D eigenvalue weighted by Gasteiger charge is 2.42. The number of rotatable bonds is 1. The summed E-state index contributed by atoms with van der Waals surface area (Å²) in [6.07, 6.45) is 2.71. The van der Waals surface area contributed by atoms with E-state index in [9.17, 15) is 5.11 Å². The van der Waals surface area contributed by atoms with E-state index in [0.29, 0.717) is 0 Å². The van der Waals surface area contributed by atoms with E-state index in [1.165, 1.54) is 16.3 Å². The van der Waals surface area contributed by atoms with Crippen LogP contribution >= 0.6 is 0 Å². The number of fused-ring (bicyclic) bond motifs is 1. The van der Waals surface area contributed by atoms with Crippen molar-refractivity contribution in [2.24, 2.45) is 5.41 Å². The van der Waals surface area contributed by atoms with Gasteiger partial charge < -0.3 is 5.11 Å². The molecule has 1 fully saturated rings. The standard InChI is InChI=1S/C19H24O/c1-18(2)11-15(20)12-19(3,13-18)17-10-6-8-14-7-4-5-9-16(14)17/h4-10,15,20H,11-13H2,1-3H3. The molecule has 1 aliphatic rings. The number of benzene rings is 2. The first-order valence-corrected chi connectivity index (χ1v) is 7.56. The summed E-state index contributed by atoms with van der Waals surface area (Å²) in [6.45, 7) is 6.87. The Morgan fingerprint density at radius 1 is 0.950 bits per heavy atom. The predicted octanol–water partition coefficient (Wildman–Crippen LogP) is 4.67. The zero-order chi connectivity index (χ0) is 14.4. The molecule has 0 radical (unpaired) electrons. The van der Waals surface area contributed by atoms with E-state index in [4.69, 9.17) is 0 Å². The second-order valence-corrected chi connectivity index (χ2v) is 7.49. The first-order valence-electron chi connectivity index (χ1n) is 7.56. The Kier molecular flexibility index (Phi) is 3.13. The Balaban J connectivity index is 2.14. The van der Waals surface area contributed by atoms with E-state index in [1.54, 1.807) is 0 Å². The largest absolute Gasteiger partial charge is 0.393 e. The molecule has 3 rings (SSSR count). The van der Waals surface area contributed by atoms with E-state index >= 15 is 0 Å². The third-order valence-corrected chi connectivity index (χ3v) is 4.78. The smallest absolute Gasteiger partial charge is 0.0553 e. The minimum absolute atomic E-state index is 0.0576. The van der Waals surface area contributed by atoms with Crippen molar-refractivity contribution in [3.8, 4) is 0 Å². The maximum Gasteiger partial charge on any atom is 0.0553 e. The third-order valence-electron chi connectivity index (χ3n) is 4.78. The van der Waals surface area contributed by atoms with Crippen molar-refractivity contribution < 1.29 is 5.11 Å². The van der Waals surface area contributed by atoms with Gasteiger partial charge >= 0.3 is 0 Å². The van der Waals surface area contributed by atoms with Gasteiger partial charge in [-0.25, -0.2) is 0 Å². The molecule has 0 aromatic heterocycles. The fourth-order valence-electron chi connectivity index (χ4n) is 4.39. The average molecular weight is 268 g/mol. The summed E-state index contributed by atoms with van der Waals surface area (Å²) in [5, 5.41) is 12.9. The SMILES string of the molecule is CC1(C)CC(O)CC(C)(c2cccc3ccccc23)C1. The molecule has 0 heterocycles. The summed E-state index contributed by atoms with van der Waals surface area (Å²) in [7, 11) is 0. The van der Waals surface area contributed by atoms with Crippen LogP contribution in [-0.4, -0.2) is 11.2 Å². The molecule has 1 heteroatoms. The van der Waals surface area contributed by atoms with Crippen LogP contribution in [0.15, 0.2) is 42.5 Å². The van der Waals surface area contributed by atoms with E-state index in [0.717, 1.165) is 19.3 Å². The highest BCUT2D eigenvalue weighted by Crippen LogP contribution is 2.49. The van der Waals surface area contributed by atoms with E-state index in [1.807, 2.05) is 0 Å². The third kappa shape index (κ3) is 2.35. The summed E-state index contributed by atoms with van der Waals surface area (Å²) < 4.78 is 0. The Morgan fingerprint density at radius 3 is 2.40 bits per heavy atom. The lowest BCUT2D eigenvalue weighted by atomic mass is 9.60. The molecular weight excluding hydrogens is 244 g/mol. The van der Waals surface area contributed by atoms with Crippen molar-refractivity contribution in [2.75, 3.05) is 0 Å². The lowest BCUT2D eigenvalue weighted by Crippen LogP contribution is -2.41. The molecule has 1 aliphatic carbocycles. The fraction of sp³-hybridized carbons (Fsp3) is 0.474. The molecule has 0 spiro atoms. The van der Waals surface area contributed by atoms with Crippen LogP contribution in [-0.2, 0) is 5.41 Å². The Bertz CT molecular complexity index is 623. The molecule has 0 saturated heterocycles. The Hall–Kier alpha value is -1.34. The van der Waals surface area contributed by atoms with Gasteiger partial charge in [-0.3, -0.25) is 0 Å². The lowest BCUT2D eigenvalue weighted by molar-refractivity contribution is 0.0243. The maximum atomic E-state index is 10.3. The van der Waals surface area contributed by atoms with E-state index in [-0.39, 0.29) is 16.9 Å². The zero-order valence-electron chi connectivity index (χ0n) is 12.7. The quantitative estimate of drug-likeness (QED) is 0.797. The molecule has 2 aromatic carbocycles. The van der Waals surface area contributed by atoms with Gasteiger partial charge in [-0.05, 0) is 46.4 Å². The summed E-state index contributed by atoms with van der Waals surface area (Å²) in [5.74, 6) is 0. The first-order chi connectivity index (χ1) is 9.40. The van der Waals surface area contributed by atoms with Crippen LogP contribution in [0.2, 0.25) is 0 Å². The topological polar surface area (TPSA) is 20.2 Å². The number of hydrogen-bond acceptors (Lipinski definition) is 1. The molecule has 2 aromatic rings. The van der Waals surface area contributed by atoms with Gasteiger partial charge in [-0.2, -0.15) is 0 Å². The summed E-state index contributed by atoms with van der Waals surface area (Å²) in [6, 6.07) is 15.2. The van der Waals surface area contributed by atoms with Crippen LogP contribution in [0.5, 0.6) is 0 Å². The Labute approximate surface area is 121 Å². The van der Waals surface area contributed by atoms with Gasteiger partial charge in [0.25, 0.3) is 0 Å². The summed E-state index contributed by atoms with van der Waals surface area (Å²) in [4.78, 5) is 0. The monoisotopic (exact) mass is 268 g/mol. The van der Waals surface area contributed by atoms with Crippen molar-refractivity contribution >= 4 is 10.8 Å². The molecule has 1 N–H and O–H groups in total. The van der Waals surface area contributed by atoms with Crippen LogP contribution in [0.1, 0.15) is 45.6 Å². The number of aliphatic hydroxyl groups is 1. The van der Waals surface area contributed by atoms with Gasteiger partial charge in [-0.15, -0.1) is 0 Å². The Morgan fingerprint density at radius 2 is 1.65 bits per heavy atom. The van der Waals surface area contributed by atoms with Crippen LogP contribution in [0.25, 0.3) is 10.8 Å². The fourth-order valence-corrected chi connectivity index (χ4v) is 4.39. The summed E-state index contributed by atoms with van der Waals surface area (Å²) >= 11 is 0. The molecule has 106 valence electrons. The van der Waals surface area contributed by atoms with Gasteiger partial charge in [0.2, 0.25) is 0 Å². The lowest BCUT2D eigenvalue weighted by Gasteiger charge is -2.46. The van der Waals surface area contributed by atoms with Crippen molar-refractivity contribution in [1.82, 2.24) is 0 Å². The van der Waals surface area contributed by atoms with E-state index in [2.05, 4.69) is 63.2 Å². The first kappa shape index (κ1) is 13.6. The van der Waals surface area contributed by atoms with Crippen molar-refractivity contribution in [2.45, 2.75) is 51.6 Å². The molecule has 0 bridgehead atoms. The van der Waals surface area contributed by atoms with Crippen LogP contribution in [0.4, 0.5) is 0 Å². The molecule has 0 aliphatic heterocycles. The minimum atomic E-state index is -0.192. The van der Waals surface area contributed by atoms with Gasteiger partial charge in [0.1, 0.15) is 0 Å². The van der Waals surface area contributed by atoms with Crippen LogP contribution in [0, 0.1) is 5.41 Å². The average Bonchev–Trinajstić information content (AvgIpc) is 2.35.